The topological polar surface area (TPSA) is 122 Å². The molecular weight excluding hydrogens is 1720 g/mol. The van der Waals surface area contributed by atoms with Crippen LogP contribution in [0.3, 0.4) is 0 Å². The molecule has 0 bridgehead atoms. The molecule has 640 valence electrons. The SMILES string of the molecule is O=P1(c2ccccc2)c2ccccc2-n2c(-c3cc(-c4ccc5ccccc5c4)cc(-c4ccc5ccccc5c4)c3)nc3cccc1c32.O=P1(c2ccccc2)c2ccccc2-n2c(-c3ccc(-c4nc5ccccc5n4-c4ccccc4)cc3)nc3cccc1c32.O=P1(c2ccccc2)c2ccccc2-n2c(-c3ccc4cc(-c5ccc6ccccc6c5)ccc4c3)nc3cccc1c32. The van der Waals surface area contributed by atoms with Crippen LogP contribution in [0.1, 0.15) is 0 Å². The van der Waals surface area contributed by atoms with Gasteiger partial charge in [0.1, 0.15) is 23.3 Å². The van der Waals surface area contributed by atoms with E-state index in [1.54, 1.807) is 0 Å². The molecule has 25 aromatic rings. The van der Waals surface area contributed by atoms with Crippen LogP contribution in [0.25, 0.3) is 189 Å². The van der Waals surface area contributed by atoms with Gasteiger partial charge in [0.2, 0.25) is 0 Å². The van der Waals surface area contributed by atoms with Gasteiger partial charge in [-0.1, -0.05) is 334 Å². The Morgan fingerprint density at radius 3 is 0.831 bits per heavy atom. The second-order valence-corrected chi connectivity index (χ2v) is 43.1. The summed E-state index contributed by atoms with van der Waals surface area (Å²) in [6.07, 6.45) is 0. The van der Waals surface area contributed by atoms with Crippen LogP contribution in [-0.2, 0) is 13.7 Å². The van der Waals surface area contributed by atoms with Crippen molar-refractivity contribution < 1.29 is 13.7 Å². The number of aromatic nitrogens is 8. The summed E-state index contributed by atoms with van der Waals surface area (Å²) in [6, 6.07) is 165. The zero-order valence-corrected chi connectivity index (χ0v) is 75.9. The second-order valence-electron chi connectivity index (χ2n) is 35.0. The third-order valence-electron chi connectivity index (χ3n) is 27.2. The molecule has 0 aliphatic carbocycles. The number of para-hydroxylation sites is 9. The van der Waals surface area contributed by atoms with Gasteiger partial charge >= 0.3 is 0 Å². The molecule has 14 heteroatoms. The van der Waals surface area contributed by atoms with Crippen molar-refractivity contribution in [2.24, 2.45) is 0 Å². The van der Waals surface area contributed by atoms with Gasteiger partial charge in [0.05, 0.1) is 61.2 Å². The summed E-state index contributed by atoms with van der Waals surface area (Å²) in [5.41, 5.74) is 22.0. The van der Waals surface area contributed by atoms with Gasteiger partial charge in [0, 0.05) is 75.7 Å². The lowest BCUT2D eigenvalue weighted by Gasteiger charge is -2.29. The fraction of sp³-hybridized carbons (Fsp3) is 0. The van der Waals surface area contributed by atoms with Crippen molar-refractivity contribution in [3.63, 3.8) is 0 Å². The van der Waals surface area contributed by atoms with Crippen LogP contribution in [0.15, 0.2) is 479 Å². The smallest absolute Gasteiger partial charge is 0.175 e. The Labute approximate surface area is 783 Å². The summed E-state index contributed by atoms with van der Waals surface area (Å²) in [7, 11) is -9.37. The van der Waals surface area contributed by atoms with Crippen molar-refractivity contribution in [3.8, 4) is 102 Å². The van der Waals surface area contributed by atoms with Gasteiger partial charge in [-0.15, -0.1) is 0 Å². The van der Waals surface area contributed by atoms with Gasteiger partial charge in [-0.3, -0.25) is 18.3 Å². The number of fused-ring (bicyclic) bond motifs is 11. The molecule has 0 N–H and O–H groups in total. The van der Waals surface area contributed by atoms with E-state index in [4.69, 9.17) is 19.9 Å². The van der Waals surface area contributed by atoms with E-state index in [9.17, 15) is 0 Å². The van der Waals surface area contributed by atoms with E-state index in [0.29, 0.717) is 0 Å². The van der Waals surface area contributed by atoms with Crippen LogP contribution in [0.2, 0.25) is 0 Å². The van der Waals surface area contributed by atoms with Gasteiger partial charge < -0.3 is 13.7 Å². The first-order valence-electron chi connectivity index (χ1n) is 45.7. The van der Waals surface area contributed by atoms with Crippen molar-refractivity contribution in [2.75, 3.05) is 0 Å². The first-order chi connectivity index (χ1) is 67.0. The van der Waals surface area contributed by atoms with Crippen LogP contribution in [0.4, 0.5) is 0 Å². The predicted molar refractivity (Wildman–Crippen MR) is 565 cm³/mol. The summed E-state index contributed by atoms with van der Waals surface area (Å²) in [4.78, 5) is 20.7. The van der Waals surface area contributed by atoms with Crippen molar-refractivity contribution in [1.82, 2.24) is 38.2 Å². The largest absolute Gasteiger partial charge is 0.308 e. The number of hydrogen-bond donors (Lipinski definition) is 0. The molecule has 0 fully saturated rings. The normalized spacial score (nSPS) is 15.4. The highest BCUT2D eigenvalue weighted by Gasteiger charge is 2.44. The molecule has 0 saturated carbocycles. The summed E-state index contributed by atoms with van der Waals surface area (Å²) in [5.74, 6) is 3.39. The Morgan fingerprint density at radius 1 is 0.169 bits per heavy atom. The van der Waals surface area contributed by atoms with Gasteiger partial charge in [0.25, 0.3) is 0 Å². The Hall–Kier alpha value is -16.8. The van der Waals surface area contributed by atoms with E-state index in [1.165, 1.54) is 48.8 Å². The van der Waals surface area contributed by atoms with Crippen molar-refractivity contribution in [3.05, 3.63) is 479 Å². The number of nitrogens with zero attached hydrogens (tertiary/aromatic N) is 8. The van der Waals surface area contributed by atoms with Crippen molar-refractivity contribution in [1.29, 1.82) is 0 Å². The average molecular weight is 1800 g/mol. The molecule has 4 aromatic heterocycles. The Balaban J connectivity index is 0.000000106. The van der Waals surface area contributed by atoms with Crippen LogP contribution in [0.5, 0.6) is 0 Å². The summed E-state index contributed by atoms with van der Waals surface area (Å²) >= 11 is 0. The molecule has 3 aliphatic heterocycles. The first-order valence-corrected chi connectivity index (χ1v) is 50.8. The van der Waals surface area contributed by atoms with Gasteiger partial charge in [-0.2, -0.15) is 0 Å². The Bertz CT molecular complexity index is 9270. The molecule has 3 atom stereocenters. The molecule has 0 amide bonds. The number of rotatable bonds is 11. The minimum atomic E-state index is -3.16. The van der Waals surface area contributed by atoms with E-state index >= 15 is 13.7 Å². The van der Waals surface area contributed by atoms with Crippen LogP contribution in [0, 0.1) is 0 Å². The average Bonchev–Trinajstić information content (AvgIpc) is 1.50. The lowest BCUT2D eigenvalue weighted by atomic mass is 9.93. The van der Waals surface area contributed by atoms with E-state index in [0.717, 1.165) is 188 Å². The molecule has 21 aromatic carbocycles. The minimum Gasteiger partial charge on any atom is -0.308 e. The third-order valence-corrected chi connectivity index (χ3v) is 36.6. The molecule has 0 saturated heterocycles. The predicted octanol–water partition coefficient (Wildman–Crippen LogP) is 26.6. The van der Waals surface area contributed by atoms with Gasteiger partial charge in [0.15, 0.2) is 21.4 Å². The molecule has 136 heavy (non-hydrogen) atoms. The highest BCUT2D eigenvalue weighted by molar-refractivity contribution is 7.87. The Kier molecular flexibility index (Phi) is 18.9. The van der Waals surface area contributed by atoms with E-state index in [1.807, 2.05) is 231 Å². The zero-order chi connectivity index (χ0) is 90.3. The fourth-order valence-electron chi connectivity index (χ4n) is 20.9. The number of hydrogen-bond acceptors (Lipinski definition) is 7. The van der Waals surface area contributed by atoms with Gasteiger partial charge in [-0.05, 0) is 222 Å². The van der Waals surface area contributed by atoms with Crippen LogP contribution in [-0.4, -0.2) is 38.2 Å². The summed E-state index contributed by atoms with van der Waals surface area (Å²) in [5, 5.41) is 17.2. The molecular formula is C122H79N8O3P3. The van der Waals surface area contributed by atoms with E-state index in [2.05, 4.69) is 267 Å². The van der Waals surface area contributed by atoms with Crippen molar-refractivity contribution in [2.45, 2.75) is 0 Å². The lowest BCUT2D eigenvalue weighted by molar-refractivity contribution is 0.591. The van der Waals surface area contributed by atoms with Crippen LogP contribution >= 0.6 is 21.4 Å². The Morgan fingerprint density at radius 2 is 0.426 bits per heavy atom. The second kappa shape index (κ2) is 32.0. The minimum absolute atomic E-state index is 0.822. The number of benzene rings is 21. The number of imidazole rings is 4. The standard InChI is InChI=1S/C45H29N2OP.C39H25N2OP.C38H25N4OP/c48-49(39-15-2-1-3-16-39)42-19-9-8-18-41(42)47-44-40(17-10-20-43(44)49)46-45(47)38-28-36(34-23-21-30-11-4-6-13-32(30)25-34)27-37(29-38)35-24-22-31-12-5-7-14-33(31)26-35;42-43(33-11-2-1-3-12-33)36-15-7-6-14-35(36)41-38-34(13-8-16-37(38)43)40-39(41)32-22-21-30-24-29(19-20-31(30)25-32)28-18-17-26-9-4-5-10-27(26)23-28;43-44(29-14-5-2-6-15-29)34-20-10-9-19-33(34)42-36-31(17-11-21-35(36)44)40-38(42)27-24-22-26(23-25-27)37-39-30-16-7-8-18-32(30)41(37)28-12-3-1-4-13-28/h1-29H;1-25H;1-25H. The van der Waals surface area contributed by atoms with E-state index in [-0.39, 0.29) is 0 Å². The zero-order valence-electron chi connectivity index (χ0n) is 73.3. The fourth-order valence-corrected chi connectivity index (χ4v) is 29.9. The maximum Gasteiger partial charge on any atom is 0.175 e. The van der Waals surface area contributed by atoms with Gasteiger partial charge in [-0.25, -0.2) is 19.9 Å². The van der Waals surface area contributed by atoms with E-state index < -0.39 is 21.4 Å². The highest BCUT2D eigenvalue weighted by atomic mass is 31.2. The van der Waals surface area contributed by atoms with Crippen molar-refractivity contribution >= 4 is 156 Å². The molecule has 0 spiro atoms. The molecule has 28 rings (SSSR count). The summed E-state index contributed by atoms with van der Waals surface area (Å²) < 4.78 is 54.7. The maximum atomic E-state index is 15.5. The first kappa shape index (κ1) is 80.1. The lowest BCUT2D eigenvalue weighted by Crippen LogP contribution is -2.32. The molecule has 3 aliphatic rings. The monoisotopic (exact) mass is 1800 g/mol. The third kappa shape index (κ3) is 12.8. The van der Waals surface area contributed by atoms with Crippen LogP contribution < -0.4 is 47.7 Å². The molecule has 3 unspecified atom stereocenters. The molecule has 11 nitrogen and oxygen atoms in total. The maximum absolute atomic E-state index is 15.5. The highest BCUT2D eigenvalue weighted by Crippen LogP contribution is 2.55. The summed E-state index contributed by atoms with van der Waals surface area (Å²) in [6.45, 7) is 0. The molecule has 0 radical (unpaired) electrons. The quantitative estimate of drug-likeness (QED) is 0.118. The molecule has 7 heterocycles.